The monoisotopic (exact) mass is 560 g/mol. The van der Waals surface area contributed by atoms with Crippen molar-refractivity contribution in [1.29, 1.82) is 15.8 Å². The first kappa shape index (κ1) is 43.5. The maximum atomic E-state index is 8.55. The van der Waals surface area contributed by atoms with Crippen molar-refractivity contribution < 1.29 is 32.7 Å². The third kappa shape index (κ3) is 23.6. The number of hydrogen-bond donors (Lipinski definition) is 0. The van der Waals surface area contributed by atoms with Gasteiger partial charge in [-0.25, -0.2) is 0 Å². The fourth-order valence-electron chi connectivity index (χ4n) is 4.30. The van der Waals surface area contributed by atoms with Gasteiger partial charge in [-0.15, -0.1) is 0 Å². The molecule has 0 bridgehead atoms. The number of nitriles is 3. The Bertz CT molecular complexity index is 599. The van der Waals surface area contributed by atoms with Gasteiger partial charge in [0.15, 0.2) is 0 Å². The highest BCUT2D eigenvalue weighted by Crippen LogP contribution is 2.08. The van der Waals surface area contributed by atoms with Crippen LogP contribution >= 0.6 is 7.82 Å². The number of nitrogens with zero attached hydrogens (tertiary/aromatic N) is 6. The van der Waals surface area contributed by atoms with Crippen LogP contribution < -0.4 is 14.7 Å². The Morgan fingerprint density at radius 3 is 0.684 bits per heavy atom. The molecule has 0 saturated heterocycles. The van der Waals surface area contributed by atoms with Gasteiger partial charge in [-0.3, -0.25) is 0 Å². The quantitative estimate of drug-likeness (QED) is 0.220. The molecule has 0 aliphatic heterocycles. The molecule has 0 aromatic rings. The third-order valence-corrected chi connectivity index (χ3v) is 8.13. The summed E-state index contributed by atoms with van der Waals surface area (Å²) in [6.07, 6.45) is 2.07. The molecule has 0 aliphatic rings. The number of phosphoric acid groups is 1. The molecule has 0 amide bonds. The average Bonchev–Trinajstić information content (AvgIpc) is 2.92. The van der Waals surface area contributed by atoms with E-state index >= 15 is 0 Å². The summed E-state index contributed by atoms with van der Waals surface area (Å²) in [5.41, 5.74) is 0. The molecule has 0 fully saturated rings. The largest absolute Gasteiger partial charge is 0.822 e. The Labute approximate surface area is 234 Å². The molecule has 0 radical (unpaired) electrons. The van der Waals surface area contributed by atoms with E-state index in [1.54, 1.807) is 0 Å². The van der Waals surface area contributed by atoms with Gasteiger partial charge in [-0.2, -0.15) is 23.6 Å². The van der Waals surface area contributed by atoms with Crippen LogP contribution in [0.3, 0.4) is 0 Å². The van der Waals surface area contributed by atoms with Crippen LogP contribution in [0, 0.1) is 34.0 Å². The van der Waals surface area contributed by atoms with E-state index in [9.17, 15) is 0 Å². The Balaban J connectivity index is -0.000000209. The molecule has 0 aromatic heterocycles. The van der Waals surface area contributed by atoms with Gasteiger partial charge in [0.1, 0.15) is 0 Å². The summed E-state index contributed by atoms with van der Waals surface area (Å²) < 4.78 is 11.8. The van der Waals surface area contributed by atoms with Crippen LogP contribution in [0.25, 0.3) is 0 Å². The summed E-state index contributed by atoms with van der Waals surface area (Å²) in [5, 5.41) is 25.4. The van der Waals surface area contributed by atoms with Crippen LogP contribution in [0.5, 0.6) is 0 Å². The van der Waals surface area contributed by atoms with Crippen molar-refractivity contribution >= 4 is 7.82 Å². The molecule has 11 heteroatoms. The van der Waals surface area contributed by atoms with Crippen LogP contribution in [0.4, 0.5) is 0 Å². The van der Waals surface area contributed by atoms with Crippen molar-refractivity contribution in [3.63, 3.8) is 0 Å². The van der Waals surface area contributed by atoms with Crippen LogP contribution in [-0.4, -0.2) is 92.0 Å². The number of quaternary nitrogens is 3. The summed E-state index contributed by atoms with van der Waals surface area (Å²) in [5.74, 6) is 0. The maximum absolute atomic E-state index is 8.55. The maximum Gasteiger partial charge on any atom is 0.0918 e. The zero-order valence-corrected chi connectivity index (χ0v) is 26.8. The molecule has 0 unspecified atom stereocenters. The minimum Gasteiger partial charge on any atom is -0.822 e. The van der Waals surface area contributed by atoms with E-state index in [4.69, 9.17) is 35.0 Å². The van der Waals surface area contributed by atoms with Gasteiger partial charge in [-0.05, 0) is 62.3 Å². The Kier molecular flexibility index (Phi) is 29.5. The van der Waals surface area contributed by atoms with Crippen LogP contribution in [0.15, 0.2) is 0 Å². The first-order valence-corrected chi connectivity index (χ1v) is 15.6. The van der Waals surface area contributed by atoms with E-state index in [-0.39, 0.29) is 0 Å². The van der Waals surface area contributed by atoms with Crippen molar-refractivity contribution in [2.45, 2.75) is 81.6 Å². The summed E-state index contributed by atoms with van der Waals surface area (Å²) >= 11 is 0. The standard InChI is InChI=1S/3C9H19N2.H3O4P/c3*1-4-11(5-2,6-3)9-7-8-10;1-5(2,3)4/h3*4-7,9H2,1-3H3;(H3,1,2,3,4)/q3*+1;/p-3. The molecule has 0 aliphatic carbocycles. The summed E-state index contributed by atoms with van der Waals surface area (Å²) in [6.45, 7) is 33.2. The fraction of sp³-hybridized carbons (Fsp3) is 0.889. The molecule has 0 N–H and O–H groups in total. The van der Waals surface area contributed by atoms with E-state index in [2.05, 4.69) is 80.5 Å². The first-order valence-electron chi connectivity index (χ1n) is 14.1. The Morgan fingerprint density at radius 2 is 0.605 bits per heavy atom. The molecule has 0 aromatic carbocycles. The van der Waals surface area contributed by atoms with E-state index in [0.29, 0.717) is 19.3 Å². The van der Waals surface area contributed by atoms with Gasteiger partial charge in [0.05, 0.1) is 116 Å². The van der Waals surface area contributed by atoms with Crippen LogP contribution in [-0.2, 0) is 4.57 Å². The highest BCUT2D eigenvalue weighted by molar-refractivity contribution is 7.40. The molecule has 0 spiro atoms. The Hall–Kier alpha value is -1.54. The van der Waals surface area contributed by atoms with E-state index in [1.165, 1.54) is 0 Å². The normalized spacial score (nSPS) is 11.2. The molecular weight excluding hydrogens is 503 g/mol. The highest BCUT2D eigenvalue weighted by Gasteiger charge is 2.20. The van der Waals surface area contributed by atoms with E-state index in [1.807, 2.05) is 0 Å². The first-order chi connectivity index (χ1) is 17.7. The van der Waals surface area contributed by atoms with Crippen molar-refractivity contribution in [2.75, 3.05) is 78.5 Å². The van der Waals surface area contributed by atoms with Crippen LogP contribution in [0.1, 0.15) is 81.6 Å². The van der Waals surface area contributed by atoms with Crippen molar-refractivity contribution in [3.8, 4) is 18.2 Å². The Morgan fingerprint density at radius 1 is 0.474 bits per heavy atom. The van der Waals surface area contributed by atoms with E-state index < -0.39 is 7.82 Å². The highest BCUT2D eigenvalue weighted by atomic mass is 31.2. The summed E-state index contributed by atoms with van der Waals surface area (Å²) in [6, 6.07) is 6.63. The predicted octanol–water partition coefficient (Wildman–Crippen LogP) is 2.51. The van der Waals surface area contributed by atoms with Crippen LogP contribution in [0.2, 0.25) is 0 Å². The van der Waals surface area contributed by atoms with Crippen molar-refractivity contribution in [3.05, 3.63) is 0 Å². The third-order valence-electron chi connectivity index (χ3n) is 8.13. The lowest BCUT2D eigenvalue weighted by Crippen LogP contribution is -2.48. The predicted molar refractivity (Wildman–Crippen MR) is 149 cm³/mol. The SMILES string of the molecule is CC[N+](CC)(CC)CCC#N.CC[N+](CC)(CC)CCC#N.CC[N+](CC)(CC)CCC#N.O=P([O-])([O-])[O-]. The smallest absolute Gasteiger partial charge is 0.0918 e. The molecule has 0 rings (SSSR count). The zero-order valence-electron chi connectivity index (χ0n) is 25.9. The lowest BCUT2D eigenvalue weighted by molar-refractivity contribution is -0.922. The topological polar surface area (TPSA) is 158 Å². The number of rotatable bonds is 15. The second-order valence-corrected chi connectivity index (χ2v) is 10.1. The summed E-state index contributed by atoms with van der Waals surface area (Å²) in [7, 11) is -5.39. The van der Waals surface area contributed by atoms with Gasteiger partial charge >= 0.3 is 0 Å². The van der Waals surface area contributed by atoms with Crippen molar-refractivity contribution in [1.82, 2.24) is 0 Å². The molecule has 0 saturated carbocycles. The minimum atomic E-state index is -5.39. The van der Waals surface area contributed by atoms with Gasteiger partial charge in [0, 0.05) is 0 Å². The fourth-order valence-corrected chi connectivity index (χ4v) is 4.30. The lowest BCUT2D eigenvalue weighted by Gasteiger charge is -2.36. The van der Waals surface area contributed by atoms with E-state index in [0.717, 1.165) is 92.0 Å². The molecule has 224 valence electrons. The van der Waals surface area contributed by atoms with Gasteiger partial charge in [-0.1, -0.05) is 0 Å². The average molecular weight is 561 g/mol. The second kappa shape index (κ2) is 25.7. The molecule has 0 atom stereocenters. The minimum absolute atomic E-state index is 0.690. The zero-order chi connectivity index (χ0) is 30.7. The van der Waals surface area contributed by atoms with Gasteiger partial charge in [0.25, 0.3) is 0 Å². The summed E-state index contributed by atoms with van der Waals surface area (Å²) in [4.78, 5) is 25.6. The van der Waals surface area contributed by atoms with Gasteiger partial charge in [0.2, 0.25) is 0 Å². The second-order valence-electron chi connectivity index (χ2n) is 9.21. The lowest BCUT2D eigenvalue weighted by atomic mass is 10.3. The molecule has 0 heterocycles. The van der Waals surface area contributed by atoms with Crippen molar-refractivity contribution in [2.24, 2.45) is 0 Å². The molecule has 38 heavy (non-hydrogen) atoms. The number of hydrogen-bond acceptors (Lipinski definition) is 7. The van der Waals surface area contributed by atoms with Gasteiger partial charge < -0.3 is 32.7 Å². The molecule has 10 nitrogen and oxygen atoms in total. The molecular formula is C27H57N6O4P.